The first-order valence-corrected chi connectivity index (χ1v) is 7.64. The van der Waals surface area contributed by atoms with E-state index >= 15 is 0 Å². The Labute approximate surface area is 127 Å². The smallest absolute Gasteiger partial charge is 0.161 e. The number of nitrogens with zero attached hydrogens (tertiary/aromatic N) is 1. The van der Waals surface area contributed by atoms with Crippen LogP contribution in [0.25, 0.3) is 0 Å². The lowest BCUT2D eigenvalue weighted by atomic mass is 10.0. The number of benzene rings is 1. The molecule has 1 heterocycles. The van der Waals surface area contributed by atoms with Crippen molar-refractivity contribution in [1.82, 2.24) is 4.90 Å². The summed E-state index contributed by atoms with van der Waals surface area (Å²) in [6, 6.07) is 5.96. The molecule has 0 aliphatic carbocycles. The highest BCUT2D eigenvalue weighted by Crippen LogP contribution is 2.29. The standard InChI is InChI=1S/C17H25NO3/c1-13(19)14-7-8-16(17(12-14)20-3)21-11-9-15-6-4-5-10-18(15)2/h7-8,12,15H,4-6,9-11H2,1-3H3. The van der Waals surface area contributed by atoms with Gasteiger partial charge in [0.15, 0.2) is 17.3 Å². The quantitative estimate of drug-likeness (QED) is 0.755. The second-order valence-corrected chi connectivity index (χ2v) is 5.69. The number of ether oxygens (including phenoxy) is 2. The Morgan fingerprint density at radius 3 is 2.81 bits per heavy atom. The van der Waals surface area contributed by atoms with Gasteiger partial charge in [0.2, 0.25) is 0 Å². The van der Waals surface area contributed by atoms with Gasteiger partial charge in [-0.25, -0.2) is 0 Å². The van der Waals surface area contributed by atoms with Gasteiger partial charge in [-0.3, -0.25) is 4.79 Å². The van der Waals surface area contributed by atoms with Crippen LogP contribution in [0.2, 0.25) is 0 Å². The Hall–Kier alpha value is -1.55. The van der Waals surface area contributed by atoms with E-state index in [4.69, 9.17) is 9.47 Å². The molecule has 1 unspecified atom stereocenters. The predicted octanol–water partition coefficient (Wildman–Crippen LogP) is 3.15. The summed E-state index contributed by atoms with van der Waals surface area (Å²) in [5.41, 5.74) is 0.645. The summed E-state index contributed by atoms with van der Waals surface area (Å²) in [5.74, 6) is 1.37. The average Bonchev–Trinajstić information content (AvgIpc) is 2.49. The minimum Gasteiger partial charge on any atom is -0.493 e. The van der Waals surface area contributed by atoms with Crippen LogP contribution in [0, 0.1) is 0 Å². The highest BCUT2D eigenvalue weighted by molar-refractivity contribution is 5.94. The van der Waals surface area contributed by atoms with Gasteiger partial charge in [-0.2, -0.15) is 0 Å². The molecule has 1 aliphatic rings. The van der Waals surface area contributed by atoms with Crippen LogP contribution in [0.4, 0.5) is 0 Å². The van der Waals surface area contributed by atoms with Crippen LogP contribution in [-0.2, 0) is 0 Å². The number of Topliss-reactive ketones (excluding diaryl/α,β-unsaturated/α-hetero) is 1. The molecule has 2 rings (SSSR count). The molecule has 4 nitrogen and oxygen atoms in total. The lowest BCUT2D eigenvalue weighted by Crippen LogP contribution is -2.37. The van der Waals surface area contributed by atoms with Gasteiger partial charge < -0.3 is 14.4 Å². The molecule has 4 heteroatoms. The van der Waals surface area contributed by atoms with Crippen molar-refractivity contribution in [3.63, 3.8) is 0 Å². The predicted molar refractivity (Wildman–Crippen MR) is 83.4 cm³/mol. The Morgan fingerprint density at radius 2 is 2.14 bits per heavy atom. The molecule has 0 N–H and O–H groups in total. The summed E-state index contributed by atoms with van der Waals surface area (Å²) in [6.45, 7) is 3.40. The maximum absolute atomic E-state index is 11.4. The van der Waals surface area contributed by atoms with E-state index in [0.717, 1.165) is 6.42 Å². The SMILES string of the molecule is COc1cc(C(C)=O)ccc1OCCC1CCCCN1C. The normalized spacial score (nSPS) is 19.3. The molecule has 1 aromatic carbocycles. The molecule has 1 fully saturated rings. The van der Waals surface area contributed by atoms with Crippen molar-refractivity contribution in [2.75, 3.05) is 27.3 Å². The van der Waals surface area contributed by atoms with Gasteiger partial charge in [-0.1, -0.05) is 6.42 Å². The first kappa shape index (κ1) is 15.8. The fourth-order valence-corrected chi connectivity index (χ4v) is 2.82. The van der Waals surface area contributed by atoms with Gasteiger partial charge in [-0.05, 0) is 58.0 Å². The number of piperidine rings is 1. The van der Waals surface area contributed by atoms with Crippen molar-refractivity contribution in [3.8, 4) is 11.5 Å². The van der Waals surface area contributed by atoms with Crippen LogP contribution in [-0.4, -0.2) is 44.0 Å². The number of methoxy groups -OCH3 is 1. The van der Waals surface area contributed by atoms with Crippen LogP contribution >= 0.6 is 0 Å². The van der Waals surface area contributed by atoms with Gasteiger partial charge in [0.25, 0.3) is 0 Å². The molecule has 21 heavy (non-hydrogen) atoms. The zero-order chi connectivity index (χ0) is 15.2. The number of carbonyl (C=O) groups is 1. The average molecular weight is 291 g/mol. The summed E-state index contributed by atoms with van der Waals surface area (Å²) in [6.07, 6.45) is 4.88. The van der Waals surface area contributed by atoms with Crippen molar-refractivity contribution in [2.24, 2.45) is 0 Å². The van der Waals surface area contributed by atoms with Crippen molar-refractivity contribution in [3.05, 3.63) is 23.8 Å². The zero-order valence-corrected chi connectivity index (χ0v) is 13.2. The van der Waals surface area contributed by atoms with Crippen molar-refractivity contribution in [1.29, 1.82) is 0 Å². The minimum absolute atomic E-state index is 0.0312. The first-order valence-electron chi connectivity index (χ1n) is 7.64. The lowest BCUT2D eigenvalue weighted by molar-refractivity contribution is 0.101. The summed E-state index contributed by atoms with van der Waals surface area (Å²) in [4.78, 5) is 13.8. The van der Waals surface area contributed by atoms with E-state index < -0.39 is 0 Å². The van der Waals surface area contributed by atoms with E-state index in [1.165, 1.54) is 25.8 Å². The molecule has 0 radical (unpaired) electrons. The van der Waals surface area contributed by atoms with E-state index in [9.17, 15) is 4.79 Å². The Kier molecular flexibility index (Phi) is 5.62. The molecular formula is C17H25NO3. The van der Waals surface area contributed by atoms with E-state index in [1.54, 1.807) is 26.2 Å². The van der Waals surface area contributed by atoms with Gasteiger partial charge in [0.05, 0.1) is 13.7 Å². The number of hydrogen-bond donors (Lipinski definition) is 0. The van der Waals surface area contributed by atoms with E-state index in [-0.39, 0.29) is 5.78 Å². The maximum atomic E-state index is 11.4. The topological polar surface area (TPSA) is 38.8 Å². The summed E-state index contributed by atoms with van der Waals surface area (Å²) in [5, 5.41) is 0. The molecular weight excluding hydrogens is 266 g/mol. The Bertz CT molecular complexity index is 487. The van der Waals surface area contributed by atoms with Crippen LogP contribution < -0.4 is 9.47 Å². The highest BCUT2D eigenvalue weighted by Gasteiger charge is 2.18. The molecule has 0 aromatic heterocycles. The minimum atomic E-state index is 0.0312. The number of hydrogen-bond acceptors (Lipinski definition) is 4. The third-order valence-corrected chi connectivity index (χ3v) is 4.20. The number of likely N-dealkylation sites (tertiary alicyclic amines) is 1. The van der Waals surface area contributed by atoms with Crippen molar-refractivity contribution in [2.45, 2.75) is 38.6 Å². The number of carbonyl (C=O) groups excluding carboxylic acids is 1. The van der Waals surface area contributed by atoms with Crippen molar-refractivity contribution < 1.29 is 14.3 Å². The third kappa shape index (κ3) is 4.21. The lowest BCUT2D eigenvalue weighted by Gasteiger charge is -2.32. The highest BCUT2D eigenvalue weighted by atomic mass is 16.5. The second kappa shape index (κ2) is 7.46. The van der Waals surface area contributed by atoms with Crippen molar-refractivity contribution >= 4 is 5.78 Å². The van der Waals surface area contributed by atoms with Gasteiger partial charge >= 0.3 is 0 Å². The summed E-state index contributed by atoms with van der Waals surface area (Å²) < 4.78 is 11.2. The zero-order valence-electron chi connectivity index (χ0n) is 13.2. The van der Waals surface area contributed by atoms with E-state index in [2.05, 4.69) is 11.9 Å². The maximum Gasteiger partial charge on any atom is 0.161 e. The van der Waals surface area contributed by atoms with Crippen LogP contribution in [0.1, 0.15) is 43.0 Å². The molecule has 1 aromatic rings. The van der Waals surface area contributed by atoms with Gasteiger partial charge in [0, 0.05) is 11.6 Å². The van der Waals surface area contributed by atoms with E-state index in [1.807, 2.05) is 6.07 Å². The molecule has 1 atom stereocenters. The largest absolute Gasteiger partial charge is 0.493 e. The first-order chi connectivity index (χ1) is 10.1. The monoisotopic (exact) mass is 291 g/mol. The summed E-state index contributed by atoms with van der Waals surface area (Å²) in [7, 11) is 3.78. The van der Waals surface area contributed by atoms with Gasteiger partial charge in [-0.15, -0.1) is 0 Å². The molecule has 0 bridgehead atoms. The molecule has 1 saturated heterocycles. The van der Waals surface area contributed by atoms with Crippen LogP contribution in [0.15, 0.2) is 18.2 Å². The Balaban J connectivity index is 1.91. The summed E-state index contributed by atoms with van der Waals surface area (Å²) >= 11 is 0. The molecule has 0 saturated carbocycles. The molecule has 1 aliphatic heterocycles. The van der Waals surface area contributed by atoms with Crippen LogP contribution in [0.5, 0.6) is 11.5 Å². The van der Waals surface area contributed by atoms with Crippen LogP contribution in [0.3, 0.4) is 0 Å². The van der Waals surface area contributed by atoms with E-state index in [0.29, 0.717) is 29.7 Å². The molecule has 116 valence electrons. The number of ketones is 1. The van der Waals surface area contributed by atoms with Gasteiger partial charge in [0.1, 0.15) is 0 Å². The fraction of sp³-hybridized carbons (Fsp3) is 0.588. The molecule has 0 amide bonds. The molecule has 0 spiro atoms. The fourth-order valence-electron chi connectivity index (χ4n) is 2.82. The number of rotatable bonds is 6. The second-order valence-electron chi connectivity index (χ2n) is 5.69. The Morgan fingerprint density at radius 1 is 1.33 bits per heavy atom. The third-order valence-electron chi connectivity index (χ3n) is 4.20.